The van der Waals surface area contributed by atoms with Crippen molar-refractivity contribution in [3.63, 3.8) is 0 Å². The number of nitro benzene ring substituents is 1. The minimum Gasteiger partial charge on any atom is -0.493 e. The molecular weight excluding hydrogens is 350 g/mol. The number of hydrogen-bond donors (Lipinski definition) is 2. The molecule has 9 heteroatoms. The fraction of sp³-hybridized carbons (Fsp3) is 0.562. The van der Waals surface area contributed by atoms with Crippen LogP contribution in [0, 0.1) is 10.1 Å². The van der Waals surface area contributed by atoms with Gasteiger partial charge in [-0.25, -0.2) is 0 Å². The molecule has 0 aliphatic rings. The van der Waals surface area contributed by atoms with E-state index in [-0.39, 0.29) is 47.7 Å². The molecule has 3 N–H and O–H groups in total. The van der Waals surface area contributed by atoms with Crippen molar-refractivity contribution in [1.82, 2.24) is 5.32 Å². The largest absolute Gasteiger partial charge is 0.493 e. The number of unbranched alkanes of at least 4 members (excludes halogenated alkanes) is 1. The highest BCUT2D eigenvalue weighted by molar-refractivity contribution is 5.99. The van der Waals surface area contributed by atoms with Gasteiger partial charge in [-0.05, 0) is 13.3 Å². The van der Waals surface area contributed by atoms with Crippen molar-refractivity contribution in [2.45, 2.75) is 39.2 Å². The van der Waals surface area contributed by atoms with E-state index in [2.05, 4.69) is 5.32 Å². The lowest BCUT2D eigenvalue weighted by Crippen LogP contribution is -2.40. The smallest absolute Gasteiger partial charge is 0.286 e. The van der Waals surface area contributed by atoms with Crippen LogP contribution in [0.2, 0.25) is 0 Å². The first-order valence-electron chi connectivity index (χ1n) is 7.98. The maximum atomic E-state index is 12.5. The second kappa shape index (κ2) is 11.5. The lowest BCUT2D eigenvalue weighted by molar-refractivity contribution is -0.385. The second-order valence-electron chi connectivity index (χ2n) is 5.26. The van der Waals surface area contributed by atoms with Gasteiger partial charge in [0, 0.05) is 18.7 Å². The van der Waals surface area contributed by atoms with Crippen molar-refractivity contribution >= 4 is 24.0 Å². The standard InChI is InChI=1S/C16H25N3O5.ClH/c1-4-6-7-11(10-17)18-16(20)12-8-14(23-3)15(24-5-2)9-13(12)19(21)22;/h8-9,11H,4-7,10,17H2,1-3H3,(H,18,20);1H. The average Bonchev–Trinajstić information content (AvgIpc) is 2.58. The van der Waals surface area contributed by atoms with Gasteiger partial charge in [-0.3, -0.25) is 14.9 Å². The number of carbonyl (C=O) groups excluding carboxylic acids is 1. The van der Waals surface area contributed by atoms with Crippen LogP contribution in [-0.4, -0.2) is 37.1 Å². The summed E-state index contributed by atoms with van der Waals surface area (Å²) in [7, 11) is 1.41. The van der Waals surface area contributed by atoms with Crippen LogP contribution in [0.3, 0.4) is 0 Å². The van der Waals surface area contributed by atoms with Crippen molar-refractivity contribution in [3.05, 3.63) is 27.8 Å². The van der Waals surface area contributed by atoms with Crippen molar-refractivity contribution < 1.29 is 19.2 Å². The maximum Gasteiger partial charge on any atom is 0.286 e. The SMILES string of the molecule is CCCCC(CN)NC(=O)c1cc(OC)c(OCC)cc1[N+](=O)[O-].Cl. The topological polar surface area (TPSA) is 117 Å². The minimum absolute atomic E-state index is 0. The molecule has 0 heterocycles. The third kappa shape index (κ3) is 6.39. The Balaban J connectivity index is 0.00000576. The first-order chi connectivity index (χ1) is 11.5. The summed E-state index contributed by atoms with van der Waals surface area (Å²) in [5.41, 5.74) is 5.26. The number of nitrogens with one attached hydrogen (secondary N) is 1. The number of carbonyl (C=O) groups is 1. The van der Waals surface area contributed by atoms with Crippen LogP contribution in [0.1, 0.15) is 43.5 Å². The van der Waals surface area contributed by atoms with Gasteiger partial charge in [0.2, 0.25) is 0 Å². The zero-order valence-corrected chi connectivity index (χ0v) is 15.6. The molecule has 0 aliphatic heterocycles. The zero-order chi connectivity index (χ0) is 18.1. The number of nitrogens with zero attached hydrogens (tertiary/aromatic N) is 1. The van der Waals surface area contributed by atoms with Crippen molar-refractivity contribution in [2.75, 3.05) is 20.3 Å². The number of amides is 1. The zero-order valence-electron chi connectivity index (χ0n) is 14.7. The van der Waals surface area contributed by atoms with Crippen LogP contribution in [-0.2, 0) is 0 Å². The van der Waals surface area contributed by atoms with Gasteiger partial charge in [0.05, 0.1) is 24.7 Å². The molecule has 142 valence electrons. The van der Waals surface area contributed by atoms with Crippen molar-refractivity contribution in [2.24, 2.45) is 5.73 Å². The normalized spacial score (nSPS) is 11.2. The molecule has 0 aliphatic carbocycles. The molecule has 0 bridgehead atoms. The lowest BCUT2D eigenvalue weighted by atomic mass is 10.1. The molecule has 0 fully saturated rings. The van der Waals surface area contributed by atoms with Crippen LogP contribution < -0.4 is 20.5 Å². The Morgan fingerprint density at radius 3 is 2.52 bits per heavy atom. The third-order valence-corrected chi connectivity index (χ3v) is 3.55. The molecule has 0 saturated heterocycles. The van der Waals surface area contributed by atoms with E-state index in [0.29, 0.717) is 6.61 Å². The van der Waals surface area contributed by atoms with Crippen LogP contribution in [0.4, 0.5) is 5.69 Å². The fourth-order valence-electron chi connectivity index (χ4n) is 2.27. The average molecular weight is 376 g/mol. The van der Waals surface area contributed by atoms with E-state index in [4.69, 9.17) is 15.2 Å². The monoisotopic (exact) mass is 375 g/mol. The van der Waals surface area contributed by atoms with Gasteiger partial charge in [0.15, 0.2) is 11.5 Å². The van der Waals surface area contributed by atoms with Gasteiger partial charge < -0.3 is 20.5 Å². The van der Waals surface area contributed by atoms with Crippen LogP contribution in [0.5, 0.6) is 11.5 Å². The molecule has 1 amide bonds. The molecule has 1 atom stereocenters. The summed E-state index contributed by atoms with van der Waals surface area (Å²) in [5.74, 6) is -0.0512. The van der Waals surface area contributed by atoms with Crippen molar-refractivity contribution in [1.29, 1.82) is 0 Å². The summed E-state index contributed by atoms with van der Waals surface area (Å²) in [6.07, 6.45) is 2.61. The summed E-state index contributed by atoms with van der Waals surface area (Å²) < 4.78 is 10.5. The molecule has 0 spiro atoms. The minimum atomic E-state index is -0.611. The third-order valence-electron chi connectivity index (χ3n) is 3.55. The Labute approximate surface area is 153 Å². The number of methoxy groups -OCH3 is 1. The molecule has 1 rings (SSSR count). The predicted molar refractivity (Wildman–Crippen MR) is 97.9 cm³/mol. The van der Waals surface area contributed by atoms with E-state index in [1.54, 1.807) is 6.92 Å². The van der Waals surface area contributed by atoms with E-state index in [0.717, 1.165) is 19.3 Å². The van der Waals surface area contributed by atoms with Crippen molar-refractivity contribution in [3.8, 4) is 11.5 Å². The number of benzene rings is 1. The molecule has 1 aromatic rings. The molecule has 8 nitrogen and oxygen atoms in total. The van der Waals surface area contributed by atoms with Crippen LogP contribution in [0.15, 0.2) is 12.1 Å². The number of ether oxygens (including phenoxy) is 2. The van der Waals surface area contributed by atoms with E-state index in [1.165, 1.54) is 19.2 Å². The van der Waals surface area contributed by atoms with Gasteiger partial charge in [0.25, 0.3) is 11.6 Å². The Morgan fingerprint density at radius 1 is 1.36 bits per heavy atom. The van der Waals surface area contributed by atoms with E-state index >= 15 is 0 Å². The fourth-order valence-corrected chi connectivity index (χ4v) is 2.27. The summed E-state index contributed by atoms with van der Waals surface area (Å²) in [6.45, 7) is 4.39. The number of rotatable bonds is 10. The first-order valence-corrected chi connectivity index (χ1v) is 7.98. The van der Waals surface area contributed by atoms with Crippen LogP contribution >= 0.6 is 12.4 Å². The Kier molecular flexibility index (Phi) is 10.5. The highest BCUT2D eigenvalue weighted by Crippen LogP contribution is 2.34. The Morgan fingerprint density at radius 2 is 2.04 bits per heavy atom. The molecule has 0 saturated carbocycles. The first kappa shape index (κ1) is 22.9. The number of hydrogen-bond acceptors (Lipinski definition) is 6. The van der Waals surface area contributed by atoms with Gasteiger partial charge in [-0.1, -0.05) is 19.8 Å². The molecule has 25 heavy (non-hydrogen) atoms. The number of nitro groups is 1. The Hall–Kier alpha value is -2.06. The molecule has 0 radical (unpaired) electrons. The summed E-state index contributed by atoms with van der Waals surface area (Å²) in [5, 5.41) is 14.1. The second-order valence-corrected chi connectivity index (χ2v) is 5.26. The number of halogens is 1. The molecule has 1 unspecified atom stereocenters. The lowest BCUT2D eigenvalue weighted by Gasteiger charge is -2.17. The molecule has 1 aromatic carbocycles. The van der Waals surface area contributed by atoms with E-state index in [9.17, 15) is 14.9 Å². The summed E-state index contributed by atoms with van der Waals surface area (Å²) in [6, 6.07) is 2.31. The van der Waals surface area contributed by atoms with E-state index in [1.807, 2.05) is 6.92 Å². The van der Waals surface area contributed by atoms with Gasteiger partial charge in [-0.2, -0.15) is 0 Å². The van der Waals surface area contributed by atoms with E-state index < -0.39 is 10.8 Å². The Bertz CT molecular complexity index is 583. The summed E-state index contributed by atoms with van der Waals surface area (Å²) in [4.78, 5) is 23.2. The number of nitrogens with two attached hydrogens (primary N) is 1. The molecular formula is C16H26ClN3O5. The molecule has 0 aromatic heterocycles. The van der Waals surface area contributed by atoms with Gasteiger partial charge in [-0.15, -0.1) is 12.4 Å². The quantitative estimate of drug-likeness (QED) is 0.479. The highest BCUT2D eigenvalue weighted by Gasteiger charge is 2.25. The maximum absolute atomic E-state index is 12.5. The predicted octanol–water partition coefficient (Wildman–Crippen LogP) is 2.67. The summed E-state index contributed by atoms with van der Waals surface area (Å²) >= 11 is 0. The van der Waals surface area contributed by atoms with Crippen LogP contribution in [0.25, 0.3) is 0 Å². The van der Waals surface area contributed by atoms with Gasteiger partial charge in [0.1, 0.15) is 5.56 Å². The van der Waals surface area contributed by atoms with Gasteiger partial charge >= 0.3 is 0 Å². The highest BCUT2D eigenvalue weighted by atomic mass is 35.5.